The van der Waals surface area contributed by atoms with Crippen LogP contribution in [0.5, 0.6) is 0 Å². The van der Waals surface area contributed by atoms with E-state index in [2.05, 4.69) is 5.10 Å². The summed E-state index contributed by atoms with van der Waals surface area (Å²) in [6.45, 7) is 7.71. The number of likely N-dealkylation sites (tertiary alicyclic amines) is 1. The fraction of sp³-hybridized carbons (Fsp3) is 0.500. The number of rotatable bonds is 5. The summed E-state index contributed by atoms with van der Waals surface area (Å²) in [6, 6.07) is 9.99. The molecule has 0 saturated carbocycles. The number of ether oxygens (including phenoxy) is 1. The van der Waals surface area contributed by atoms with Crippen molar-refractivity contribution in [3.63, 3.8) is 0 Å². The van der Waals surface area contributed by atoms with Crippen molar-refractivity contribution in [1.82, 2.24) is 19.6 Å². The summed E-state index contributed by atoms with van der Waals surface area (Å²) < 4.78 is 7.02. The monoisotopic (exact) mass is 398 g/mol. The van der Waals surface area contributed by atoms with Gasteiger partial charge in [-0.15, -0.1) is 0 Å². The maximum Gasteiger partial charge on any atom is 0.409 e. The average Bonchev–Trinajstić information content (AvgIpc) is 3.02. The molecule has 1 aliphatic rings. The second-order valence-corrected chi connectivity index (χ2v) is 7.58. The molecule has 1 aromatic carbocycles. The number of aryl methyl sites for hydroxylation is 1. The molecule has 0 aliphatic carbocycles. The van der Waals surface area contributed by atoms with Crippen LogP contribution >= 0.6 is 0 Å². The van der Waals surface area contributed by atoms with Crippen molar-refractivity contribution in [3.8, 4) is 5.69 Å². The van der Waals surface area contributed by atoms with Gasteiger partial charge in [-0.25, -0.2) is 9.48 Å². The van der Waals surface area contributed by atoms with Crippen LogP contribution in [-0.4, -0.2) is 58.3 Å². The van der Waals surface area contributed by atoms with Gasteiger partial charge in [0.15, 0.2) is 0 Å². The maximum absolute atomic E-state index is 13.0. The number of carbonyl (C=O) groups is 2. The molecule has 2 heterocycles. The summed E-state index contributed by atoms with van der Waals surface area (Å²) in [5, 5.41) is 4.67. The van der Waals surface area contributed by atoms with Crippen LogP contribution in [0.2, 0.25) is 0 Å². The van der Waals surface area contributed by atoms with Gasteiger partial charge in [0.25, 0.3) is 0 Å². The third-order valence-corrected chi connectivity index (χ3v) is 5.51. The molecule has 0 radical (unpaired) electrons. The Hall–Kier alpha value is -2.83. The Kier molecular flexibility index (Phi) is 6.56. The first kappa shape index (κ1) is 20.9. The lowest BCUT2D eigenvalue weighted by molar-refractivity contribution is -0.136. The standard InChI is InChI=1S/C22H30N4O3/c1-5-29-22(28)25-13-9-10-18(14-25)21(27)24(4)15-20-16(2)23-26(17(20)3)19-11-7-6-8-12-19/h6-8,11-12,18H,5,9-10,13-15H2,1-4H3. The fourth-order valence-corrected chi connectivity index (χ4v) is 3.91. The normalized spacial score (nSPS) is 16.6. The fourth-order valence-electron chi connectivity index (χ4n) is 3.91. The molecule has 3 rings (SSSR count). The summed E-state index contributed by atoms with van der Waals surface area (Å²) in [7, 11) is 1.82. The van der Waals surface area contributed by atoms with Crippen LogP contribution in [0, 0.1) is 19.8 Å². The quantitative estimate of drug-likeness (QED) is 0.775. The van der Waals surface area contributed by atoms with Gasteiger partial charge in [0.1, 0.15) is 0 Å². The number of hydrogen-bond acceptors (Lipinski definition) is 4. The molecule has 1 atom stereocenters. The molecule has 2 aromatic rings. The van der Waals surface area contributed by atoms with Gasteiger partial charge in [0.05, 0.1) is 23.9 Å². The van der Waals surface area contributed by atoms with E-state index in [1.807, 2.05) is 55.9 Å². The lowest BCUT2D eigenvalue weighted by atomic mass is 9.96. The predicted molar refractivity (Wildman–Crippen MR) is 111 cm³/mol. The summed E-state index contributed by atoms with van der Waals surface area (Å²) in [6.07, 6.45) is 1.27. The van der Waals surface area contributed by atoms with E-state index in [0.29, 0.717) is 26.2 Å². The van der Waals surface area contributed by atoms with Crippen LogP contribution in [-0.2, 0) is 16.1 Å². The van der Waals surface area contributed by atoms with Crippen molar-refractivity contribution >= 4 is 12.0 Å². The number of aromatic nitrogens is 2. The van der Waals surface area contributed by atoms with E-state index in [1.54, 1.807) is 16.7 Å². The van der Waals surface area contributed by atoms with Gasteiger partial charge in [-0.05, 0) is 45.7 Å². The Balaban J connectivity index is 1.70. The molecule has 7 heteroatoms. The first-order valence-electron chi connectivity index (χ1n) is 10.2. The van der Waals surface area contributed by atoms with E-state index in [9.17, 15) is 9.59 Å². The summed E-state index contributed by atoms with van der Waals surface area (Å²) in [5.74, 6) is -0.131. The minimum absolute atomic E-state index is 0.0604. The number of benzene rings is 1. The average molecular weight is 399 g/mol. The van der Waals surface area contributed by atoms with Gasteiger partial charge in [-0.1, -0.05) is 18.2 Å². The number of para-hydroxylation sites is 1. The van der Waals surface area contributed by atoms with E-state index >= 15 is 0 Å². The topological polar surface area (TPSA) is 67.7 Å². The zero-order valence-corrected chi connectivity index (χ0v) is 17.7. The van der Waals surface area contributed by atoms with E-state index in [0.717, 1.165) is 35.5 Å². The molecule has 156 valence electrons. The van der Waals surface area contributed by atoms with Gasteiger partial charge in [0.2, 0.25) is 5.91 Å². The molecule has 1 fully saturated rings. The van der Waals surface area contributed by atoms with Gasteiger partial charge in [0, 0.05) is 37.9 Å². The highest BCUT2D eigenvalue weighted by Gasteiger charge is 2.31. The van der Waals surface area contributed by atoms with Crippen LogP contribution in [0.15, 0.2) is 30.3 Å². The Bertz CT molecular complexity index is 862. The van der Waals surface area contributed by atoms with Crippen molar-refractivity contribution in [2.75, 3.05) is 26.7 Å². The Morgan fingerprint density at radius 3 is 2.66 bits per heavy atom. The zero-order valence-electron chi connectivity index (χ0n) is 17.7. The van der Waals surface area contributed by atoms with Crippen molar-refractivity contribution in [2.24, 2.45) is 5.92 Å². The molecule has 1 saturated heterocycles. The molecule has 1 unspecified atom stereocenters. The molecule has 29 heavy (non-hydrogen) atoms. The van der Waals surface area contributed by atoms with Crippen molar-refractivity contribution in [3.05, 3.63) is 47.3 Å². The van der Waals surface area contributed by atoms with Gasteiger partial charge < -0.3 is 14.5 Å². The van der Waals surface area contributed by atoms with Gasteiger partial charge >= 0.3 is 6.09 Å². The van der Waals surface area contributed by atoms with Crippen molar-refractivity contribution < 1.29 is 14.3 Å². The summed E-state index contributed by atoms with van der Waals surface area (Å²) in [5.41, 5.74) is 4.02. The highest BCUT2D eigenvalue weighted by Crippen LogP contribution is 2.23. The SMILES string of the molecule is CCOC(=O)N1CCCC(C(=O)N(C)Cc2c(C)nn(-c3ccccc3)c2C)C1. The van der Waals surface area contributed by atoms with Crippen LogP contribution in [0.3, 0.4) is 0 Å². The van der Waals surface area contributed by atoms with E-state index < -0.39 is 0 Å². The van der Waals surface area contributed by atoms with Gasteiger partial charge in [-0.2, -0.15) is 5.10 Å². The van der Waals surface area contributed by atoms with E-state index in [-0.39, 0.29) is 17.9 Å². The predicted octanol–water partition coefficient (Wildman–Crippen LogP) is 3.32. The minimum atomic E-state index is -0.330. The van der Waals surface area contributed by atoms with Gasteiger partial charge in [-0.3, -0.25) is 4.79 Å². The lowest BCUT2D eigenvalue weighted by Crippen LogP contribution is -2.46. The molecule has 7 nitrogen and oxygen atoms in total. The van der Waals surface area contributed by atoms with Crippen molar-refractivity contribution in [2.45, 2.75) is 40.2 Å². The first-order valence-corrected chi connectivity index (χ1v) is 10.2. The Morgan fingerprint density at radius 1 is 1.24 bits per heavy atom. The number of hydrogen-bond donors (Lipinski definition) is 0. The number of nitrogens with zero attached hydrogens (tertiary/aromatic N) is 4. The van der Waals surface area contributed by atoms with Crippen molar-refractivity contribution in [1.29, 1.82) is 0 Å². The molecule has 1 aromatic heterocycles. The third-order valence-electron chi connectivity index (χ3n) is 5.51. The Labute approximate surface area is 172 Å². The lowest BCUT2D eigenvalue weighted by Gasteiger charge is -2.33. The summed E-state index contributed by atoms with van der Waals surface area (Å²) >= 11 is 0. The maximum atomic E-state index is 13.0. The van der Waals surface area contributed by atoms with Crippen LogP contribution in [0.4, 0.5) is 4.79 Å². The minimum Gasteiger partial charge on any atom is -0.450 e. The molecular weight excluding hydrogens is 368 g/mol. The van der Waals surface area contributed by atoms with Crippen LogP contribution < -0.4 is 0 Å². The highest BCUT2D eigenvalue weighted by atomic mass is 16.6. The molecular formula is C22H30N4O3. The van der Waals surface area contributed by atoms with E-state index in [1.165, 1.54) is 0 Å². The largest absolute Gasteiger partial charge is 0.450 e. The second-order valence-electron chi connectivity index (χ2n) is 7.58. The molecule has 2 amide bonds. The molecule has 1 aliphatic heterocycles. The Morgan fingerprint density at radius 2 is 1.97 bits per heavy atom. The number of carbonyl (C=O) groups excluding carboxylic acids is 2. The first-order chi connectivity index (χ1) is 13.9. The molecule has 0 spiro atoms. The number of piperidine rings is 1. The summed E-state index contributed by atoms with van der Waals surface area (Å²) in [4.78, 5) is 28.5. The molecule has 0 N–H and O–H groups in total. The zero-order chi connectivity index (χ0) is 21.0. The molecule has 0 bridgehead atoms. The number of amides is 2. The highest BCUT2D eigenvalue weighted by molar-refractivity contribution is 5.80. The smallest absolute Gasteiger partial charge is 0.409 e. The second kappa shape index (κ2) is 9.11. The van der Waals surface area contributed by atoms with Crippen LogP contribution in [0.1, 0.15) is 36.7 Å². The van der Waals surface area contributed by atoms with Crippen LogP contribution in [0.25, 0.3) is 5.69 Å². The third kappa shape index (κ3) is 4.60. The van der Waals surface area contributed by atoms with E-state index in [4.69, 9.17) is 4.74 Å².